The number of nitrogens with zero attached hydrogens (tertiary/aromatic N) is 1. The zero-order valence-electron chi connectivity index (χ0n) is 17.4. The Hall–Kier alpha value is -2.04. The minimum absolute atomic E-state index is 0.0224. The minimum atomic E-state index is 0.0224. The maximum atomic E-state index is 12.6. The fraction of sp³-hybridized carbons (Fsp3) is 0.458. The van der Waals surface area contributed by atoms with Gasteiger partial charge < -0.3 is 10.1 Å². The number of rotatable bonds is 8. The van der Waals surface area contributed by atoms with Crippen LogP contribution < -0.4 is 10.1 Å². The second kappa shape index (κ2) is 10.7. The van der Waals surface area contributed by atoms with Gasteiger partial charge in [-0.1, -0.05) is 61.8 Å². The lowest BCUT2D eigenvalue weighted by atomic mass is 9.96. The van der Waals surface area contributed by atoms with Crippen LogP contribution in [-0.2, 0) is 11.3 Å². The number of benzene rings is 2. The van der Waals surface area contributed by atoms with Crippen LogP contribution in [0.5, 0.6) is 5.75 Å². The second-order valence-corrected chi connectivity index (χ2v) is 8.40. The van der Waals surface area contributed by atoms with E-state index in [2.05, 4.69) is 36.2 Å². The van der Waals surface area contributed by atoms with Crippen LogP contribution in [0.15, 0.2) is 48.5 Å². The molecule has 1 amide bonds. The van der Waals surface area contributed by atoms with Gasteiger partial charge in [-0.25, -0.2) is 0 Å². The first-order valence-electron chi connectivity index (χ1n) is 10.5. The van der Waals surface area contributed by atoms with E-state index in [1.807, 2.05) is 36.4 Å². The maximum Gasteiger partial charge on any atom is 0.224 e. The molecule has 4 nitrogen and oxygen atoms in total. The van der Waals surface area contributed by atoms with Crippen molar-refractivity contribution in [3.8, 4) is 5.75 Å². The number of likely N-dealkylation sites (tertiary alicyclic amines) is 1. The Morgan fingerprint density at radius 2 is 1.97 bits per heavy atom. The van der Waals surface area contributed by atoms with E-state index in [-0.39, 0.29) is 11.8 Å². The highest BCUT2D eigenvalue weighted by atomic mass is 35.5. The molecular formula is C24H31ClN2O2. The van der Waals surface area contributed by atoms with Gasteiger partial charge in [0, 0.05) is 18.1 Å². The largest absolute Gasteiger partial charge is 0.491 e. The molecule has 1 saturated heterocycles. The molecule has 0 saturated carbocycles. The summed E-state index contributed by atoms with van der Waals surface area (Å²) in [6.07, 6.45) is 1.96. The summed E-state index contributed by atoms with van der Waals surface area (Å²) in [7, 11) is 0. The first-order chi connectivity index (χ1) is 14.0. The molecule has 3 rings (SSSR count). The van der Waals surface area contributed by atoms with Crippen molar-refractivity contribution < 1.29 is 9.53 Å². The monoisotopic (exact) mass is 414 g/mol. The Balaban J connectivity index is 1.44. The Labute approximate surface area is 179 Å². The number of ether oxygens (including phenoxy) is 1. The molecule has 0 aliphatic carbocycles. The van der Waals surface area contributed by atoms with Crippen LogP contribution in [0, 0.1) is 5.92 Å². The van der Waals surface area contributed by atoms with Crippen LogP contribution in [0.1, 0.15) is 43.7 Å². The molecular weight excluding hydrogens is 384 g/mol. The van der Waals surface area contributed by atoms with Gasteiger partial charge in [0.1, 0.15) is 12.4 Å². The molecule has 2 aromatic carbocycles. The maximum absolute atomic E-state index is 12.6. The zero-order chi connectivity index (χ0) is 20.6. The van der Waals surface area contributed by atoms with Crippen LogP contribution in [-0.4, -0.2) is 37.0 Å². The summed E-state index contributed by atoms with van der Waals surface area (Å²) in [4.78, 5) is 15.0. The van der Waals surface area contributed by atoms with Gasteiger partial charge in [0.15, 0.2) is 0 Å². The van der Waals surface area contributed by atoms with Crippen LogP contribution in [0.2, 0.25) is 5.02 Å². The number of nitrogens with one attached hydrogen (secondary N) is 1. The summed E-state index contributed by atoms with van der Waals surface area (Å²) in [6, 6.07) is 16.0. The Kier molecular flexibility index (Phi) is 7.96. The van der Waals surface area contributed by atoms with E-state index in [1.165, 1.54) is 5.56 Å². The quantitative estimate of drug-likeness (QED) is 0.626. The topological polar surface area (TPSA) is 41.6 Å². The molecule has 0 aromatic heterocycles. The fourth-order valence-corrected chi connectivity index (χ4v) is 4.04. The van der Waals surface area contributed by atoms with Gasteiger partial charge in [0.2, 0.25) is 5.91 Å². The van der Waals surface area contributed by atoms with E-state index in [0.717, 1.165) is 48.8 Å². The lowest BCUT2D eigenvalue weighted by Crippen LogP contribution is -2.43. The van der Waals surface area contributed by atoms with Gasteiger partial charge in [-0.15, -0.1) is 0 Å². The molecule has 2 aromatic rings. The van der Waals surface area contributed by atoms with Gasteiger partial charge in [0.05, 0.1) is 12.5 Å². The second-order valence-electron chi connectivity index (χ2n) is 8.00. The lowest BCUT2D eigenvalue weighted by molar-refractivity contribution is -0.126. The van der Waals surface area contributed by atoms with Crippen molar-refractivity contribution in [1.29, 1.82) is 0 Å². The van der Waals surface area contributed by atoms with Crippen molar-refractivity contribution >= 4 is 17.5 Å². The molecule has 156 valence electrons. The van der Waals surface area contributed by atoms with Crippen molar-refractivity contribution in [3.05, 3.63) is 64.7 Å². The summed E-state index contributed by atoms with van der Waals surface area (Å²) >= 11 is 6.29. The highest BCUT2D eigenvalue weighted by Crippen LogP contribution is 2.26. The zero-order valence-corrected chi connectivity index (χ0v) is 18.1. The van der Waals surface area contributed by atoms with Crippen LogP contribution in [0.4, 0.5) is 0 Å². The standard InChI is InChI=1S/C24H31ClN2O2/c1-18(2)21-10-4-6-12-23(21)29-15-13-26-24(28)20-9-7-14-27(17-20)16-19-8-3-5-11-22(19)25/h3-6,8,10-12,18,20H,7,9,13-17H2,1-2H3,(H,26,28). The van der Waals surface area contributed by atoms with Crippen LogP contribution in [0.25, 0.3) is 0 Å². The number of carbonyl (C=O) groups excluding carboxylic acids is 1. The van der Waals surface area contributed by atoms with E-state index < -0.39 is 0 Å². The predicted molar refractivity (Wildman–Crippen MR) is 118 cm³/mol. The normalized spacial score (nSPS) is 17.3. The van der Waals surface area contributed by atoms with Gasteiger partial charge in [-0.2, -0.15) is 0 Å². The molecule has 1 N–H and O–H groups in total. The number of hydrogen-bond donors (Lipinski definition) is 1. The van der Waals surface area contributed by atoms with Gasteiger partial charge in [-0.05, 0) is 48.6 Å². The molecule has 1 unspecified atom stereocenters. The third-order valence-corrected chi connectivity index (χ3v) is 5.80. The molecule has 29 heavy (non-hydrogen) atoms. The Bertz CT molecular complexity index is 809. The van der Waals surface area contributed by atoms with Crippen molar-refractivity contribution in [2.75, 3.05) is 26.2 Å². The molecule has 1 atom stereocenters. The number of halogens is 1. The molecule has 0 radical (unpaired) electrons. The lowest BCUT2D eigenvalue weighted by Gasteiger charge is -2.32. The van der Waals surface area contributed by atoms with Crippen molar-refractivity contribution in [3.63, 3.8) is 0 Å². The molecule has 5 heteroatoms. The average molecular weight is 415 g/mol. The highest BCUT2D eigenvalue weighted by Gasteiger charge is 2.25. The first-order valence-corrected chi connectivity index (χ1v) is 10.9. The molecule has 1 fully saturated rings. The number of para-hydroxylation sites is 1. The minimum Gasteiger partial charge on any atom is -0.491 e. The predicted octanol–water partition coefficient (Wildman–Crippen LogP) is 4.87. The molecule has 1 aliphatic heterocycles. The fourth-order valence-electron chi connectivity index (χ4n) is 3.85. The van der Waals surface area contributed by atoms with Crippen LogP contribution >= 0.6 is 11.6 Å². The molecule has 0 bridgehead atoms. The van der Waals surface area contributed by atoms with Crippen molar-refractivity contribution in [1.82, 2.24) is 10.2 Å². The summed E-state index contributed by atoms with van der Waals surface area (Å²) in [5.74, 6) is 1.45. The average Bonchev–Trinajstić information content (AvgIpc) is 2.73. The van der Waals surface area contributed by atoms with Crippen molar-refractivity contribution in [2.24, 2.45) is 5.92 Å². The van der Waals surface area contributed by atoms with E-state index in [1.54, 1.807) is 0 Å². The molecule has 1 aliphatic rings. The Morgan fingerprint density at radius 1 is 1.21 bits per heavy atom. The SMILES string of the molecule is CC(C)c1ccccc1OCCNC(=O)C1CCCN(Cc2ccccc2Cl)C1. The van der Waals surface area contributed by atoms with Crippen molar-refractivity contribution in [2.45, 2.75) is 39.2 Å². The van der Waals surface area contributed by atoms with Gasteiger partial charge in [0.25, 0.3) is 0 Å². The highest BCUT2D eigenvalue weighted by molar-refractivity contribution is 6.31. The van der Waals surface area contributed by atoms with Crippen LogP contribution in [0.3, 0.4) is 0 Å². The Morgan fingerprint density at radius 3 is 2.76 bits per heavy atom. The summed E-state index contributed by atoms with van der Waals surface area (Å²) in [5, 5.41) is 3.84. The van der Waals surface area contributed by atoms with E-state index in [9.17, 15) is 4.79 Å². The summed E-state index contributed by atoms with van der Waals surface area (Å²) in [6.45, 7) is 7.87. The molecule has 0 spiro atoms. The third kappa shape index (κ3) is 6.22. The first kappa shape index (κ1) is 21.7. The summed E-state index contributed by atoms with van der Waals surface area (Å²) < 4.78 is 5.91. The smallest absolute Gasteiger partial charge is 0.224 e. The number of carbonyl (C=O) groups is 1. The van der Waals surface area contributed by atoms with E-state index >= 15 is 0 Å². The summed E-state index contributed by atoms with van der Waals surface area (Å²) in [5.41, 5.74) is 2.31. The van der Waals surface area contributed by atoms with E-state index in [4.69, 9.17) is 16.3 Å². The van der Waals surface area contributed by atoms with Gasteiger partial charge >= 0.3 is 0 Å². The van der Waals surface area contributed by atoms with Gasteiger partial charge in [-0.3, -0.25) is 9.69 Å². The third-order valence-electron chi connectivity index (χ3n) is 5.43. The van der Waals surface area contributed by atoms with E-state index in [0.29, 0.717) is 19.1 Å². The number of amides is 1. The molecule has 1 heterocycles. The number of hydrogen-bond acceptors (Lipinski definition) is 3. The number of piperidine rings is 1.